The Kier molecular flexibility index (Phi) is 7.55. The van der Waals surface area contributed by atoms with Crippen LogP contribution in [0.3, 0.4) is 0 Å². The number of carbonyl (C=O) groups excluding carboxylic acids is 1. The Morgan fingerprint density at radius 3 is 2.68 bits per heavy atom. The molecule has 1 aromatic rings. The third-order valence-electron chi connectivity index (χ3n) is 4.32. The minimum Gasteiger partial charge on any atom is -0.364 e. The number of halogens is 2. The van der Waals surface area contributed by atoms with Gasteiger partial charge in [-0.1, -0.05) is 12.8 Å². The molecule has 2 atom stereocenters. The van der Waals surface area contributed by atoms with Crippen LogP contribution in [-0.2, 0) is 15.1 Å². The van der Waals surface area contributed by atoms with E-state index in [0.29, 0.717) is 6.54 Å². The van der Waals surface area contributed by atoms with E-state index in [-0.39, 0.29) is 48.5 Å². The summed E-state index contributed by atoms with van der Waals surface area (Å²) < 4.78 is 5.69. The van der Waals surface area contributed by atoms with Crippen molar-refractivity contribution in [2.45, 2.75) is 56.3 Å². The zero-order valence-electron chi connectivity index (χ0n) is 12.3. The number of hydrogen-bond acceptors (Lipinski definition) is 5. The minimum absolute atomic E-state index is 0. The molecule has 2 aliphatic rings. The summed E-state index contributed by atoms with van der Waals surface area (Å²) in [6.45, 7) is 0.488. The molecule has 1 saturated carbocycles. The summed E-state index contributed by atoms with van der Waals surface area (Å²) in [5, 5.41) is 6.22. The first-order chi connectivity index (χ1) is 9.73. The molecule has 1 aliphatic heterocycles. The predicted octanol–water partition coefficient (Wildman–Crippen LogP) is 2.38. The molecule has 1 aromatic heterocycles. The van der Waals surface area contributed by atoms with Crippen LogP contribution in [0.25, 0.3) is 0 Å². The van der Waals surface area contributed by atoms with Crippen LogP contribution in [0.4, 0.5) is 0 Å². The van der Waals surface area contributed by atoms with Crippen molar-refractivity contribution >= 4 is 42.1 Å². The summed E-state index contributed by atoms with van der Waals surface area (Å²) in [7, 11) is 0. The van der Waals surface area contributed by atoms with E-state index >= 15 is 0 Å². The molecule has 3 rings (SSSR count). The Morgan fingerprint density at radius 2 is 2.14 bits per heavy atom. The first-order valence-electron chi connectivity index (χ1n) is 7.31. The number of aromatic nitrogens is 1. The molecule has 0 bridgehead atoms. The van der Waals surface area contributed by atoms with Gasteiger partial charge in [-0.25, -0.2) is 4.98 Å². The fraction of sp³-hybridized carbons (Fsp3) is 0.714. The monoisotopic (exact) mass is 367 g/mol. The van der Waals surface area contributed by atoms with Crippen LogP contribution in [0.1, 0.15) is 43.5 Å². The lowest BCUT2D eigenvalue weighted by molar-refractivity contribution is -0.134. The lowest BCUT2D eigenvalue weighted by atomic mass is 9.97. The van der Waals surface area contributed by atoms with Crippen LogP contribution in [0, 0.1) is 0 Å². The highest BCUT2D eigenvalue weighted by Gasteiger charge is 2.41. The molecule has 2 heterocycles. The number of carbonyl (C=O) groups is 1. The van der Waals surface area contributed by atoms with Gasteiger partial charge in [0.2, 0.25) is 5.91 Å². The molecule has 22 heavy (non-hydrogen) atoms. The van der Waals surface area contributed by atoms with E-state index in [1.807, 2.05) is 11.6 Å². The fourth-order valence-corrected chi connectivity index (χ4v) is 4.07. The van der Waals surface area contributed by atoms with Gasteiger partial charge in [-0.3, -0.25) is 4.79 Å². The molecule has 0 aromatic carbocycles. The van der Waals surface area contributed by atoms with E-state index in [0.717, 1.165) is 43.5 Å². The highest BCUT2D eigenvalue weighted by atomic mass is 35.5. The van der Waals surface area contributed by atoms with Crippen LogP contribution >= 0.6 is 36.2 Å². The van der Waals surface area contributed by atoms with Crippen molar-refractivity contribution in [3.05, 3.63) is 16.6 Å². The average molecular weight is 368 g/mol. The van der Waals surface area contributed by atoms with Crippen molar-refractivity contribution in [3.8, 4) is 0 Å². The van der Waals surface area contributed by atoms with Crippen LogP contribution in [0.2, 0.25) is 0 Å². The van der Waals surface area contributed by atoms with Crippen molar-refractivity contribution in [2.24, 2.45) is 5.73 Å². The number of rotatable bonds is 4. The van der Waals surface area contributed by atoms with Crippen LogP contribution < -0.4 is 11.1 Å². The Labute approximate surface area is 147 Å². The number of hydrogen-bond donors (Lipinski definition) is 2. The average Bonchev–Trinajstić information content (AvgIpc) is 3.19. The largest absolute Gasteiger partial charge is 0.364 e. The zero-order chi connectivity index (χ0) is 14.0. The SMILES string of the molecule is Cl.Cl.NC[C@H]1CC[C@@H](C(=O)NC2(c3nccs3)CCCC2)O1. The standard InChI is InChI=1S/C14H21N3O2S.2ClH/c15-9-10-3-4-11(19-10)12(18)17-14(5-1-2-6-14)13-16-7-8-20-13;;/h7-8,10-11H,1-6,9,15H2,(H,17,18);2*1H/t10-,11+;;/m1../s1. The van der Waals surface area contributed by atoms with Gasteiger partial charge in [0.15, 0.2) is 0 Å². The molecule has 1 amide bonds. The Hall–Kier alpha value is -0.400. The molecule has 0 spiro atoms. The van der Waals surface area contributed by atoms with E-state index in [2.05, 4.69) is 10.3 Å². The van der Waals surface area contributed by atoms with Crippen LogP contribution in [0.5, 0.6) is 0 Å². The van der Waals surface area contributed by atoms with Crippen molar-refractivity contribution in [3.63, 3.8) is 0 Å². The maximum Gasteiger partial charge on any atom is 0.249 e. The quantitative estimate of drug-likeness (QED) is 0.856. The van der Waals surface area contributed by atoms with Crippen molar-refractivity contribution in [2.75, 3.05) is 6.54 Å². The normalized spacial score (nSPS) is 26.0. The van der Waals surface area contributed by atoms with Gasteiger partial charge >= 0.3 is 0 Å². The summed E-state index contributed by atoms with van der Waals surface area (Å²) in [6, 6.07) is 0. The molecular formula is C14H23Cl2N3O2S. The predicted molar refractivity (Wildman–Crippen MR) is 91.8 cm³/mol. The Balaban J connectivity index is 0.00000121. The maximum absolute atomic E-state index is 12.5. The first-order valence-corrected chi connectivity index (χ1v) is 8.19. The second kappa shape index (κ2) is 8.45. The molecule has 0 unspecified atom stereocenters. The van der Waals surface area contributed by atoms with Crippen molar-refractivity contribution in [1.29, 1.82) is 0 Å². The van der Waals surface area contributed by atoms with E-state index < -0.39 is 0 Å². The fourth-order valence-electron chi connectivity index (χ4n) is 3.22. The number of amides is 1. The van der Waals surface area contributed by atoms with Gasteiger partial charge in [-0.05, 0) is 25.7 Å². The third-order valence-corrected chi connectivity index (χ3v) is 5.30. The summed E-state index contributed by atoms with van der Waals surface area (Å²) in [5.74, 6) is -0.00181. The molecule has 3 N–H and O–H groups in total. The van der Waals surface area contributed by atoms with Gasteiger partial charge in [0, 0.05) is 18.1 Å². The molecule has 5 nitrogen and oxygen atoms in total. The van der Waals surface area contributed by atoms with Gasteiger partial charge in [-0.15, -0.1) is 36.2 Å². The molecule has 8 heteroatoms. The topological polar surface area (TPSA) is 77.2 Å². The Morgan fingerprint density at radius 1 is 1.41 bits per heavy atom. The van der Waals surface area contributed by atoms with Gasteiger partial charge in [0.1, 0.15) is 11.1 Å². The summed E-state index contributed by atoms with van der Waals surface area (Å²) in [4.78, 5) is 16.9. The van der Waals surface area contributed by atoms with Crippen molar-refractivity contribution < 1.29 is 9.53 Å². The molecule has 2 fully saturated rings. The smallest absolute Gasteiger partial charge is 0.249 e. The number of nitrogens with two attached hydrogens (primary N) is 1. The lowest BCUT2D eigenvalue weighted by Crippen LogP contribution is -2.48. The van der Waals surface area contributed by atoms with Crippen molar-refractivity contribution in [1.82, 2.24) is 10.3 Å². The van der Waals surface area contributed by atoms with Gasteiger partial charge in [-0.2, -0.15) is 0 Å². The van der Waals surface area contributed by atoms with E-state index in [1.54, 1.807) is 11.3 Å². The minimum atomic E-state index is -0.346. The highest BCUT2D eigenvalue weighted by Crippen LogP contribution is 2.40. The summed E-state index contributed by atoms with van der Waals surface area (Å²) in [5.41, 5.74) is 5.33. The van der Waals surface area contributed by atoms with E-state index in [9.17, 15) is 4.79 Å². The van der Waals surface area contributed by atoms with Gasteiger partial charge in [0.25, 0.3) is 0 Å². The first kappa shape index (κ1) is 19.6. The van der Waals surface area contributed by atoms with Gasteiger partial charge < -0.3 is 15.8 Å². The van der Waals surface area contributed by atoms with Crippen LogP contribution in [0.15, 0.2) is 11.6 Å². The van der Waals surface area contributed by atoms with E-state index in [1.165, 1.54) is 0 Å². The molecule has 126 valence electrons. The third kappa shape index (κ3) is 3.92. The van der Waals surface area contributed by atoms with Gasteiger partial charge in [0.05, 0.1) is 11.6 Å². The molecule has 1 saturated heterocycles. The number of ether oxygens (including phenoxy) is 1. The van der Waals surface area contributed by atoms with E-state index in [4.69, 9.17) is 10.5 Å². The molecule has 0 radical (unpaired) electrons. The summed E-state index contributed by atoms with van der Waals surface area (Å²) in [6.07, 6.45) is 7.35. The second-order valence-electron chi connectivity index (χ2n) is 5.68. The maximum atomic E-state index is 12.5. The number of nitrogens with one attached hydrogen (secondary N) is 1. The number of nitrogens with zero attached hydrogens (tertiary/aromatic N) is 1. The molecule has 1 aliphatic carbocycles. The summed E-state index contributed by atoms with van der Waals surface area (Å²) >= 11 is 1.62. The molecular weight excluding hydrogens is 345 g/mol. The second-order valence-corrected chi connectivity index (χ2v) is 6.57. The Bertz CT molecular complexity index is 467. The van der Waals surface area contributed by atoms with Crippen LogP contribution in [-0.4, -0.2) is 29.6 Å². The number of thiazole rings is 1. The zero-order valence-corrected chi connectivity index (χ0v) is 14.8. The lowest BCUT2D eigenvalue weighted by Gasteiger charge is -2.29. The highest BCUT2D eigenvalue weighted by molar-refractivity contribution is 7.09.